The summed E-state index contributed by atoms with van der Waals surface area (Å²) in [7, 11) is 0. The zero-order valence-corrected chi connectivity index (χ0v) is 11.2. The number of rotatable bonds is 4. The molecule has 0 saturated heterocycles. The van der Waals surface area contributed by atoms with Gasteiger partial charge in [0.25, 0.3) is 11.5 Å². The molecule has 104 valence electrons. The molecule has 19 heavy (non-hydrogen) atoms. The summed E-state index contributed by atoms with van der Waals surface area (Å²) in [6, 6.07) is 1.40. The molecule has 3 N–H and O–H groups in total. The molecule has 0 saturated carbocycles. The van der Waals surface area contributed by atoms with Crippen LogP contribution in [0.25, 0.3) is 0 Å². The van der Waals surface area contributed by atoms with E-state index in [9.17, 15) is 9.59 Å². The molecule has 1 amide bonds. The van der Waals surface area contributed by atoms with E-state index in [-0.39, 0.29) is 23.8 Å². The number of hydrogen-bond donors (Lipinski definition) is 3. The van der Waals surface area contributed by atoms with Gasteiger partial charge in [0.05, 0.1) is 12.6 Å². The van der Waals surface area contributed by atoms with E-state index in [0.717, 1.165) is 36.9 Å². The van der Waals surface area contributed by atoms with Crippen LogP contribution in [0.4, 0.5) is 0 Å². The zero-order valence-electron chi connectivity index (χ0n) is 11.2. The minimum absolute atomic E-state index is 0.120. The molecule has 1 aromatic rings. The Labute approximate surface area is 112 Å². The first-order valence-corrected chi connectivity index (χ1v) is 6.82. The third kappa shape index (κ3) is 3.04. The normalized spacial score (nSPS) is 15.7. The second-order valence-corrected chi connectivity index (χ2v) is 4.98. The van der Waals surface area contributed by atoms with Gasteiger partial charge in [-0.15, -0.1) is 0 Å². The first-order valence-electron chi connectivity index (χ1n) is 6.82. The fourth-order valence-corrected chi connectivity index (χ4v) is 2.38. The molecule has 1 atom stereocenters. The van der Waals surface area contributed by atoms with Gasteiger partial charge in [-0.1, -0.05) is 6.92 Å². The lowest BCUT2D eigenvalue weighted by Gasteiger charge is -2.17. The van der Waals surface area contributed by atoms with E-state index in [1.165, 1.54) is 0 Å². The van der Waals surface area contributed by atoms with Crippen LogP contribution < -0.4 is 10.9 Å². The molecule has 1 aliphatic carbocycles. The van der Waals surface area contributed by atoms with Gasteiger partial charge in [-0.3, -0.25) is 9.59 Å². The molecular weight excluding hydrogens is 244 g/mol. The minimum atomic E-state index is -0.407. The van der Waals surface area contributed by atoms with Crippen LogP contribution in [-0.2, 0) is 12.8 Å². The van der Waals surface area contributed by atoms with E-state index < -0.39 is 5.91 Å². The molecular formula is C14H20N2O3. The number of amides is 1. The molecule has 0 aliphatic heterocycles. The van der Waals surface area contributed by atoms with Crippen molar-refractivity contribution in [1.29, 1.82) is 0 Å². The maximum Gasteiger partial charge on any atom is 0.261 e. The van der Waals surface area contributed by atoms with E-state index in [2.05, 4.69) is 10.3 Å². The van der Waals surface area contributed by atoms with Crippen LogP contribution in [0.15, 0.2) is 10.9 Å². The van der Waals surface area contributed by atoms with Gasteiger partial charge >= 0.3 is 0 Å². The number of pyridine rings is 1. The molecule has 0 bridgehead atoms. The molecule has 0 fully saturated rings. The third-order valence-electron chi connectivity index (χ3n) is 3.63. The van der Waals surface area contributed by atoms with Crippen molar-refractivity contribution in [2.24, 2.45) is 0 Å². The van der Waals surface area contributed by atoms with E-state index in [4.69, 9.17) is 5.11 Å². The summed E-state index contributed by atoms with van der Waals surface area (Å²) in [5, 5.41) is 11.8. The Morgan fingerprint density at radius 2 is 2.21 bits per heavy atom. The highest BCUT2D eigenvalue weighted by atomic mass is 16.3. The van der Waals surface area contributed by atoms with Crippen molar-refractivity contribution in [3.8, 4) is 0 Å². The Morgan fingerprint density at radius 3 is 2.89 bits per heavy atom. The molecule has 0 radical (unpaired) electrons. The number of aliphatic hydroxyl groups excluding tert-OH is 1. The monoisotopic (exact) mass is 264 g/mol. The number of carbonyl (C=O) groups excluding carboxylic acids is 1. The summed E-state index contributed by atoms with van der Waals surface area (Å²) in [4.78, 5) is 26.8. The maximum atomic E-state index is 12.0. The van der Waals surface area contributed by atoms with Crippen LogP contribution >= 0.6 is 0 Å². The van der Waals surface area contributed by atoms with Crippen molar-refractivity contribution in [3.63, 3.8) is 0 Å². The average Bonchev–Trinajstić information content (AvgIpc) is 2.43. The van der Waals surface area contributed by atoms with Gasteiger partial charge in [0.2, 0.25) is 0 Å². The standard InChI is InChI=1S/C14H20N2O3/c1-2-10(8-17)15-13(18)11-7-9-5-3-4-6-12(9)16-14(11)19/h7,10,17H,2-6,8H2,1H3,(H,15,18)(H,16,19). The summed E-state index contributed by atoms with van der Waals surface area (Å²) in [5.74, 6) is -0.407. The lowest BCUT2D eigenvalue weighted by molar-refractivity contribution is 0.0913. The summed E-state index contributed by atoms with van der Waals surface area (Å²) >= 11 is 0. The first kappa shape index (κ1) is 13.8. The molecule has 0 spiro atoms. The van der Waals surface area contributed by atoms with Crippen LogP contribution in [0.3, 0.4) is 0 Å². The molecule has 1 unspecified atom stereocenters. The van der Waals surface area contributed by atoms with Crippen molar-refractivity contribution < 1.29 is 9.90 Å². The molecule has 5 heteroatoms. The number of fused-ring (bicyclic) bond motifs is 1. The van der Waals surface area contributed by atoms with Crippen molar-refractivity contribution in [1.82, 2.24) is 10.3 Å². The highest BCUT2D eigenvalue weighted by Crippen LogP contribution is 2.18. The Morgan fingerprint density at radius 1 is 1.47 bits per heavy atom. The Bertz CT molecular complexity index is 518. The fraction of sp³-hybridized carbons (Fsp3) is 0.571. The van der Waals surface area contributed by atoms with E-state index >= 15 is 0 Å². The number of H-pyrrole nitrogens is 1. The number of aromatic nitrogens is 1. The predicted molar refractivity (Wildman–Crippen MR) is 72.3 cm³/mol. The van der Waals surface area contributed by atoms with Crippen molar-refractivity contribution in [2.45, 2.75) is 45.1 Å². The smallest absolute Gasteiger partial charge is 0.261 e. The largest absolute Gasteiger partial charge is 0.394 e. The van der Waals surface area contributed by atoms with E-state index in [1.807, 2.05) is 6.92 Å². The van der Waals surface area contributed by atoms with Gasteiger partial charge in [-0.05, 0) is 43.7 Å². The van der Waals surface area contributed by atoms with Crippen LogP contribution in [0.5, 0.6) is 0 Å². The van der Waals surface area contributed by atoms with Gasteiger partial charge in [0.15, 0.2) is 0 Å². The first-order chi connectivity index (χ1) is 9.15. The average molecular weight is 264 g/mol. The quantitative estimate of drug-likeness (QED) is 0.750. The summed E-state index contributed by atoms with van der Waals surface area (Å²) in [5.41, 5.74) is 1.83. The van der Waals surface area contributed by atoms with Crippen LogP contribution in [-0.4, -0.2) is 28.6 Å². The summed E-state index contributed by atoms with van der Waals surface area (Å²) < 4.78 is 0. The number of hydrogen-bond acceptors (Lipinski definition) is 3. The Kier molecular flexibility index (Phi) is 4.37. The van der Waals surface area contributed by atoms with Gasteiger partial charge in [-0.2, -0.15) is 0 Å². The molecule has 5 nitrogen and oxygen atoms in total. The van der Waals surface area contributed by atoms with Crippen LogP contribution in [0.1, 0.15) is 47.8 Å². The molecule has 1 aromatic heterocycles. The van der Waals surface area contributed by atoms with Gasteiger partial charge in [0.1, 0.15) is 5.56 Å². The molecule has 1 heterocycles. The highest BCUT2D eigenvalue weighted by Gasteiger charge is 2.18. The molecule has 1 aliphatic rings. The topological polar surface area (TPSA) is 82.2 Å². The number of carbonyl (C=O) groups is 1. The molecule has 0 aromatic carbocycles. The number of nitrogens with one attached hydrogen (secondary N) is 2. The van der Waals surface area contributed by atoms with Crippen molar-refractivity contribution in [2.75, 3.05) is 6.61 Å². The van der Waals surface area contributed by atoms with Crippen LogP contribution in [0, 0.1) is 0 Å². The summed E-state index contributed by atoms with van der Waals surface area (Å²) in [6.45, 7) is 1.75. The Hall–Kier alpha value is -1.62. The summed E-state index contributed by atoms with van der Waals surface area (Å²) in [6.07, 6.45) is 4.58. The third-order valence-corrected chi connectivity index (χ3v) is 3.63. The minimum Gasteiger partial charge on any atom is -0.394 e. The van der Waals surface area contributed by atoms with Crippen molar-refractivity contribution >= 4 is 5.91 Å². The zero-order chi connectivity index (χ0) is 13.8. The lowest BCUT2D eigenvalue weighted by Crippen LogP contribution is -2.39. The predicted octanol–water partition coefficient (Wildman–Crippen LogP) is 0.754. The van der Waals surface area contributed by atoms with Gasteiger partial charge in [-0.25, -0.2) is 0 Å². The molecule has 2 rings (SSSR count). The van der Waals surface area contributed by atoms with Crippen LogP contribution in [0.2, 0.25) is 0 Å². The van der Waals surface area contributed by atoms with Crippen molar-refractivity contribution in [3.05, 3.63) is 33.2 Å². The maximum absolute atomic E-state index is 12.0. The second kappa shape index (κ2) is 6.02. The Balaban J connectivity index is 2.24. The van der Waals surface area contributed by atoms with E-state index in [1.54, 1.807) is 6.07 Å². The lowest BCUT2D eigenvalue weighted by atomic mass is 9.95. The van der Waals surface area contributed by atoms with Gasteiger partial charge in [0, 0.05) is 5.69 Å². The highest BCUT2D eigenvalue weighted by molar-refractivity contribution is 5.94. The number of aromatic amines is 1. The fourth-order valence-electron chi connectivity index (χ4n) is 2.38. The number of aryl methyl sites for hydroxylation is 2. The SMILES string of the molecule is CCC(CO)NC(=O)c1cc2c([nH]c1=O)CCCC2. The second-order valence-electron chi connectivity index (χ2n) is 4.98. The number of aliphatic hydroxyl groups is 1. The van der Waals surface area contributed by atoms with E-state index in [0.29, 0.717) is 6.42 Å². The van der Waals surface area contributed by atoms with Gasteiger partial charge < -0.3 is 15.4 Å².